The van der Waals surface area contributed by atoms with E-state index in [2.05, 4.69) is 4.99 Å². The van der Waals surface area contributed by atoms with Crippen molar-refractivity contribution in [2.75, 3.05) is 5.01 Å². The summed E-state index contributed by atoms with van der Waals surface area (Å²) < 4.78 is 36.7. The lowest BCUT2D eigenvalue weighted by molar-refractivity contribution is 0.626. The van der Waals surface area contributed by atoms with Gasteiger partial charge in [-0.15, -0.1) is 0 Å². The van der Waals surface area contributed by atoms with E-state index in [1.165, 1.54) is 42.3 Å². The number of rotatable bonds is 2. The third-order valence-corrected chi connectivity index (χ3v) is 4.88. The number of allylic oxidation sites excluding steroid dienone is 2. The second-order valence-corrected chi connectivity index (χ2v) is 6.92. The minimum atomic E-state index is -1.68. The summed E-state index contributed by atoms with van der Waals surface area (Å²) in [5.41, 5.74) is 7.52. The number of fused-ring (bicyclic) bond motifs is 1. The van der Waals surface area contributed by atoms with Crippen molar-refractivity contribution in [1.82, 2.24) is 0 Å². The molecular formula is C19H20F2N4OS. The molecule has 2 aromatic rings. The maximum absolute atomic E-state index is 12.9. The van der Waals surface area contributed by atoms with Gasteiger partial charge in [-0.1, -0.05) is 24.3 Å². The molecule has 0 radical (unpaired) electrons. The van der Waals surface area contributed by atoms with Crippen LogP contribution in [0.4, 0.5) is 14.5 Å². The number of halogens is 2. The van der Waals surface area contributed by atoms with Crippen LogP contribution in [-0.4, -0.2) is 10.4 Å². The first kappa shape index (κ1) is 20.5. The van der Waals surface area contributed by atoms with E-state index in [0.29, 0.717) is 10.6 Å². The smallest absolute Gasteiger partial charge is 0.180 e. The fraction of sp³-hybridized carbons (Fsp3) is 0.105. The van der Waals surface area contributed by atoms with Crippen molar-refractivity contribution in [2.24, 2.45) is 16.6 Å². The first-order chi connectivity index (χ1) is 12.8. The third kappa shape index (κ3) is 5.08. The summed E-state index contributed by atoms with van der Waals surface area (Å²) in [6.45, 7) is 3.08. The van der Waals surface area contributed by atoms with Gasteiger partial charge in [-0.05, 0) is 44.2 Å². The van der Waals surface area contributed by atoms with Crippen LogP contribution in [0.2, 0.25) is 0 Å². The Hall–Kier alpha value is -2.84. The topological polar surface area (TPSA) is 84.7 Å². The summed E-state index contributed by atoms with van der Waals surface area (Å²) in [7, 11) is -1.68. The summed E-state index contributed by atoms with van der Waals surface area (Å²) in [6, 6.07) is 12.7. The molecule has 1 atom stereocenters. The van der Waals surface area contributed by atoms with Gasteiger partial charge >= 0.3 is 0 Å². The quantitative estimate of drug-likeness (QED) is 0.766. The summed E-state index contributed by atoms with van der Waals surface area (Å²) in [4.78, 5) is 4.56. The van der Waals surface area contributed by atoms with Crippen molar-refractivity contribution >= 4 is 22.7 Å². The monoisotopic (exact) mass is 390 g/mol. The van der Waals surface area contributed by atoms with Gasteiger partial charge < -0.3 is 5.73 Å². The summed E-state index contributed by atoms with van der Waals surface area (Å²) in [6.07, 6.45) is 3.03. The minimum Gasteiger partial charge on any atom is -0.388 e. The van der Waals surface area contributed by atoms with E-state index in [0.717, 1.165) is 5.56 Å². The number of hydrogen-bond donors (Lipinski definition) is 2. The zero-order chi connectivity index (χ0) is 20.0. The standard InChI is InChI=1S/C15H13FN4OS.C4H7F/c16-11-5-7-12(8-6-11)22(21)14(17)15-19-9-10-3-1-2-4-13(10)20(15)18;1-3-4(2)5/h1-9H,17-18H2;3H,1-2H3/b15-14+;4-3+. The molecule has 0 amide bonds. The molecule has 3 rings (SSSR count). The molecular weight excluding hydrogens is 370 g/mol. The number of anilines is 1. The highest BCUT2D eigenvalue weighted by Crippen LogP contribution is 2.27. The Labute approximate surface area is 159 Å². The zero-order valence-electron chi connectivity index (χ0n) is 14.9. The second kappa shape index (κ2) is 9.20. The van der Waals surface area contributed by atoms with Gasteiger partial charge in [0.05, 0.1) is 11.5 Å². The largest absolute Gasteiger partial charge is 0.388 e. The molecule has 2 aromatic carbocycles. The molecule has 8 heteroatoms. The van der Waals surface area contributed by atoms with E-state index < -0.39 is 16.6 Å². The molecule has 1 aliphatic heterocycles. The zero-order valence-corrected chi connectivity index (χ0v) is 15.7. The summed E-state index contributed by atoms with van der Waals surface area (Å²) in [5, 5.41) is 1.31. The Morgan fingerprint density at radius 1 is 1.19 bits per heavy atom. The highest BCUT2D eigenvalue weighted by molar-refractivity contribution is 7.89. The normalized spacial score (nSPS) is 16.2. The molecule has 1 heterocycles. The van der Waals surface area contributed by atoms with Gasteiger partial charge in [0.2, 0.25) is 0 Å². The Morgan fingerprint density at radius 2 is 1.78 bits per heavy atom. The van der Waals surface area contributed by atoms with Gasteiger partial charge in [0.15, 0.2) is 5.82 Å². The van der Waals surface area contributed by atoms with Crippen LogP contribution >= 0.6 is 0 Å². The van der Waals surface area contributed by atoms with Crippen LogP contribution in [0.5, 0.6) is 0 Å². The average molecular weight is 390 g/mol. The first-order valence-electron chi connectivity index (χ1n) is 7.98. The average Bonchev–Trinajstić information content (AvgIpc) is 2.68. The number of hydrogen-bond acceptors (Lipinski definition) is 5. The van der Waals surface area contributed by atoms with Gasteiger partial charge in [-0.3, -0.25) is 5.01 Å². The first-order valence-corrected chi connectivity index (χ1v) is 9.13. The summed E-state index contributed by atoms with van der Waals surface area (Å²) >= 11 is 0. The lowest BCUT2D eigenvalue weighted by atomic mass is 10.1. The molecule has 0 aliphatic carbocycles. The van der Waals surface area contributed by atoms with Gasteiger partial charge in [-0.25, -0.2) is 23.8 Å². The maximum Gasteiger partial charge on any atom is 0.180 e. The molecule has 1 unspecified atom stereocenters. The van der Waals surface area contributed by atoms with Crippen molar-refractivity contribution in [2.45, 2.75) is 18.7 Å². The molecule has 4 N–H and O–H groups in total. The Kier molecular flexibility index (Phi) is 6.98. The molecule has 27 heavy (non-hydrogen) atoms. The predicted octanol–water partition coefficient (Wildman–Crippen LogP) is 3.71. The van der Waals surface area contributed by atoms with E-state index in [1.54, 1.807) is 13.1 Å². The van der Waals surface area contributed by atoms with Gasteiger partial charge in [0.1, 0.15) is 21.6 Å². The van der Waals surface area contributed by atoms with Crippen LogP contribution in [0.1, 0.15) is 19.4 Å². The highest BCUT2D eigenvalue weighted by atomic mass is 32.2. The van der Waals surface area contributed by atoms with E-state index in [1.807, 2.05) is 24.3 Å². The number of para-hydroxylation sites is 1. The van der Waals surface area contributed by atoms with Crippen LogP contribution in [0.15, 0.2) is 81.2 Å². The molecule has 0 bridgehead atoms. The second-order valence-electron chi connectivity index (χ2n) is 5.47. The molecule has 0 saturated heterocycles. The van der Waals surface area contributed by atoms with Crippen LogP contribution in [0.25, 0.3) is 0 Å². The van der Waals surface area contributed by atoms with Crippen molar-refractivity contribution in [3.63, 3.8) is 0 Å². The van der Waals surface area contributed by atoms with Crippen LogP contribution in [0, 0.1) is 5.82 Å². The van der Waals surface area contributed by atoms with Crippen molar-refractivity contribution in [3.8, 4) is 0 Å². The molecule has 5 nitrogen and oxygen atoms in total. The number of hydrazine groups is 1. The van der Waals surface area contributed by atoms with E-state index >= 15 is 0 Å². The lowest BCUT2D eigenvalue weighted by Crippen LogP contribution is -2.35. The van der Waals surface area contributed by atoms with Crippen molar-refractivity contribution in [1.29, 1.82) is 0 Å². The van der Waals surface area contributed by atoms with Gasteiger partial charge in [-0.2, -0.15) is 0 Å². The van der Waals surface area contributed by atoms with Crippen molar-refractivity contribution in [3.05, 3.63) is 82.7 Å². The summed E-state index contributed by atoms with van der Waals surface area (Å²) in [5.74, 6) is 5.70. The predicted molar refractivity (Wildman–Crippen MR) is 105 cm³/mol. The number of benzene rings is 2. The third-order valence-electron chi connectivity index (χ3n) is 3.60. The number of aliphatic imine (C=N–C) groups is 1. The minimum absolute atomic E-state index is 0.0138. The van der Waals surface area contributed by atoms with E-state index in [4.69, 9.17) is 11.6 Å². The lowest BCUT2D eigenvalue weighted by Gasteiger charge is -2.25. The molecule has 0 saturated carbocycles. The molecule has 0 aromatic heterocycles. The SMILES string of the molecule is C/C=C(\C)F.N/C(=C1/N=Cc2ccccc2N1N)S(=O)c1ccc(F)cc1. The Bertz CT molecular complexity index is 920. The maximum atomic E-state index is 12.9. The highest BCUT2D eigenvalue weighted by Gasteiger charge is 2.21. The molecule has 1 aliphatic rings. The molecule has 0 spiro atoms. The van der Waals surface area contributed by atoms with Crippen molar-refractivity contribution < 1.29 is 13.0 Å². The van der Waals surface area contributed by atoms with Gasteiger partial charge in [0, 0.05) is 16.7 Å². The van der Waals surface area contributed by atoms with Gasteiger partial charge in [0.25, 0.3) is 0 Å². The fourth-order valence-electron chi connectivity index (χ4n) is 2.07. The number of nitrogens with zero attached hydrogens (tertiary/aromatic N) is 2. The molecule has 142 valence electrons. The number of nitrogens with two attached hydrogens (primary N) is 2. The van der Waals surface area contributed by atoms with Crippen LogP contribution in [0.3, 0.4) is 0 Å². The van der Waals surface area contributed by atoms with Crippen LogP contribution in [-0.2, 0) is 10.8 Å². The fourth-order valence-corrected chi connectivity index (χ4v) is 3.03. The Morgan fingerprint density at radius 3 is 2.37 bits per heavy atom. The van der Waals surface area contributed by atoms with E-state index in [-0.39, 0.29) is 16.7 Å². The van der Waals surface area contributed by atoms with E-state index in [9.17, 15) is 13.0 Å². The van der Waals surface area contributed by atoms with Crippen LogP contribution < -0.4 is 16.6 Å². The Balaban J connectivity index is 0.000000465. The molecule has 0 fully saturated rings.